The number of carboxylic acid groups (broad SMARTS) is 1. The molecule has 332 valence electrons. The molecule has 2 aromatic heterocycles. The monoisotopic (exact) mass is 905 g/mol. The first-order chi connectivity index (χ1) is 30.1. The molecule has 2 aromatic carbocycles. The Morgan fingerprint density at radius 2 is 1.78 bits per heavy atom. The maximum Gasteiger partial charge on any atom is 0.435 e. The minimum absolute atomic E-state index is 0.0383. The van der Waals surface area contributed by atoms with Crippen molar-refractivity contribution in [1.29, 1.82) is 0 Å². The molecule has 2 aliphatic heterocycles. The number of nitrogens with zero attached hydrogens (tertiary/aromatic N) is 4. The van der Waals surface area contributed by atoms with Crippen molar-refractivity contribution >= 4 is 70.6 Å². The van der Waals surface area contributed by atoms with Crippen LogP contribution in [-0.4, -0.2) is 101 Å². The molecule has 4 aromatic rings. The van der Waals surface area contributed by atoms with Gasteiger partial charge in [0.1, 0.15) is 47.2 Å². The fourth-order valence-corrected chi connectivity index (χ4v) is 8.58. The molecule has 0 radical (unpaired) electrons. The average molecular weight is 906 g/mol. The number of carbonyl (C=O) groups excluding carboxylic acids is 1. The van der Waals surface area contributed by atoms with Gasteiger partial charge in [0.2, 0.25) is 5.91 Å². The van der Waals surface area contributed by atoms with E-state index in [2.05, 4.69) is 30.7 Å². The predicted octanol–water partition coefficient (Wildman–Crippen LogP) is 3.46. The van der Waals surface area contributed by atoms with E-state index in [1.54, 1.807) is 24.3 Å². The van der Waals surface area contributed by atoms with E-state index in [0.29, 0.717) is 60.0 Å². The highest BCUT2D eigenvalue weighted by molar-refractivity contribution is 7.80. The van der Waals surface area contributed by atoms with Crippen LogP contribution in [0.1, 0.15) is 49.2 Å². The smallest absolute Gasteiger partial charge is 0.435 e. The number of imidazole rings is 1. The van der Waals surface area contributed by atoms with Crippen LogP contribution in [0.25, 0.3) is 44.6 Å². The number of ether oxygens (including phenoxy) is 1. The molecule has 23 heteroatoms. The van der Waals surface area contributed by atoms with Crippen molar-refractivity contribution in [3.05, 3.63) is 83.0 Å². The molecule has 63 heavy (non-hydrogen) atoms. The molecular formula is C40H44N9O12PS. The number of hydrogen-bond acceptors (Lipinski definition) is 17. The molecule has 1 saturated heterocycles. The number of carboxylic acids is 1. The average Bonchev–Trinajstić information content (AvgIpc) is 3.80. The minimum Gasteiger partial charge on any atom is -0.508 e. The molecule has 4 heterocycles. The predicted molar refractivity (Wildman–Crippen MR) is 233 cm³/mol. The molecule has 1 amide bonds. The number of nitrogen functional groups attached to an aromatic ring is 1. The van der Waals surface area contributed by atoms with Crippen LogP contribution in [0.5, 0.6) is 5.75 Å². The zero-order chi connectivity index (χ0) is 45.0. The van der Waals surface area contributed by atoms with E-state index in [1.807, 2.05) is 0 Å². The van der Waals surface area contributed by atoms with E-state index in [4.69, 9.17) is 41.9 Å². The van der Waals surface area contributed by atoms with Crippen LogP contribution in [0, 0.1) is 0 Å². The van der Waals surface area contributed by atoms with E-state index in [0.717, 1.165) is 0 Å². The third-order valence-electron chi connectivity index (χ3n) is 10.1. The summed E-state index contributed by atoms with van der Waals surface area (Å²) in [4.78, 5) is 49.3. The lowest BCUT2D eigenvalue weighted by molar-refractivity contribution is -0.120. The molecule has 3 aliphatic rings. The summed E-state index contributed by atoms with van der Waals surface area (Å²) < 4.78 is 37.9. The molecule has 0 bridgehead atoms. The number of phenols is 1. The van der Waals surface area contributed by atoms with Crippen LogP contribution in [0.2, 0.25) is 0 Å². The Hall–Kier alpha value is -6.10. The van der Waals surface area contributed by atoms with Crippen LogP contribution in [0.4, 0.5) is 11.5 Å². The third kappa shape index (κ3) is 10.1. The summed E-state index contributed by atoms with van der Waals surface area (Å²) in [6.07, 6.45) is -0.341. The van der Waals surface area contributed by atoms with Crippen molar-refractivity contribution in [2.24, 2.45) is 5.73 Å². The first kappa shape index (κ1) is 44.9. The van der Waals surface area contributed by atoms with Crippen molar-refractivity contribution in [2.75, 3.05) is 30.8 Å². The van der Waals surface area contributed by atoms with Gasteiger partial charge in [-0.15, -0.1) is 0 Å². The molecule has 1 fully saturated rings. The molecule has 21 nitrogen and oxygen atoms in total. The molecule has 7 rings (SSSR count). The van der Waals surface area contributed by atoms with Gasteiger partial charge in [-0.2, -0.15) is 0 Å². The number of anilines is 2. The highest BCUT2D eigenvalue weighted by atomic mass is 32.1. The number of fused-ring (bicyclic) bond motifs is 3. The first-order valence-electron chi connectivity index (χ1n) is 19.7. The van der Waals surface area contributed by atoms with Gasteiger partial charge in [-0.25, -0.2) is 24.3 Å². The van der Waals surface area contributed by atoms with Gasteiger partial charge in [-0.3, -0.25) is 28.3 Å². The van der Waals surface area contributed by atoms with Gasteiger partial charge in [0, 0.05) is 40.9 Å². The lowest BCUT2D eigenvalue weighted by Crippen LogP contribution is -2.38. The van der Waals surface area contributed by atoms with Crippen molar-refractivity contribution in [1.82, 2.24) is 29.9 Å². The van der Waals surface area contributed by atoms with Crippen LogP contribution >= 0.6 is 20.0 Å². The maximum absolute atomic E-state index is 13.7. The number of unbranched alkanes of at least 4 members (excludes halogenated alkanes) is 3. The second kappa shape index (κ2) is 19.1. The van der Waals surface area contributed by atoms with E-state index < -0.39 is 56.8 Å². The Kier molecular flexibility index (Phi) is 13.6. The Labute approximate surface area is 363 Å². The fraction of sp³-hybridized carbons (Fsp3) is 0.325. The number of amides is 1. The highest BCUT2D eigenvalue weighted by Crippen LogP contribution is 2.46. The molecule has 0 saturated carbocycles. The zero-order valence-corrected chi connectivity index (χ0v) is 35.3. The van der Waals surface area contributed by atoms with Gasteiger partial charge in [0.25, 0.3) is 0 Å². The number of aromatic hydroxyl groups is 1. The van der Waals surface area contributed by atoms with Crippen molar-refractivity contribution in [3.63, 3.8) is 0 Å². The number of phenolic OH excluding ortho intramolecular Hbond substituents is 1. The van der Waals surface area contributed by atoms with E-state index in [1.165, 1.54) is 54.5 Å². The van der Waals surface area contributed by atoms with E-state index >= 15 is 0 Å². The summed E-state index contributed by atoms with van der Waals surface area (Å²) >= 11 is 5.47. The van der Waals surface area contributed by atoms with Crippen LogP contribution in [0.3, 0.4) is 0 Å². The summed E-state index contributed by atoms with van der Waals surface area (Å²) in [6.45, 7) is 1.25. The Morgan fingerprint density at radius 1 is 1.00 bits per heavy atom. The SMILES string of the molecule is C[C@H](N)C(=O)NP(=O)(OCCCCCCNC(=S)Nc1ccc(-c2c3ccc(=O)cc-3oc3cc(O)ccc23)c(C(=O)O)c1)OC[C@H]1O[C@@H](n2cnc3c(N)ncnc32)[C@H](O)[C@@H]1O. The zero-order valence-electron chi connectivity index (χ0n) is 33.5. The summed E-state index contributed by atoms with van der Waals surface area (Å²) in [7, 11) is -4.33. The van der Waals surface area contributed by atoms with E-state index in [-0.39, 0.29) is 56.8 Å². The fourth-order valence-electron chi connectivity index (χ4n) is 6.97. The number of aromatic nitrogens is 4. The molecule has 0 spiro atoms. The van der Waals surface area contributed by atoms with Crippen LogP contribution in [0.15, 0.2) is 76.5 Å². The first-order valence-corrected chi connectivity index (χ1v) is 21.6. The quantitative estimate of drug-likeness (QED) is 0.0274. The molecular weight excluding hydrogens is 862 g/mol. The largest absolute Gasteiger partial charge is 0.508 e. The maximum atomic E-state index is 13.7. The highest BCUT2D eigenvalue weighted by Gasteiger charge is 2.46. The second-order valence-electron chi connectivity index (χ2n) is 14.7. The number of carbonyl (C=O) groups is 2. The third-order valence-corrected chi connectivity index (χ3v) is 11.9. The number of benzene rings is 3. The number of aromatic carboxylic acids is 1. The number of nitrogens with one attached hydrogen (secondary N) is 3. The van der Waals surface area contributed by atoms with Gasteiger partial charge in [0.05, 0.1) is 31.1 Å². The summed E-state index contributed by atoms with van der Waals surface area (Å²) in [5, 5.41) is 51.0. The number of rotatable bonds is 17. The number of nitrogens with two attached hydrogens (primary N) is 2. The van der Waals surface area contributed by atoms with Gasteiger partial charge >= 0.3 is 13.7 Å². The Balaban J connectivity index is 0.891. The normalized spacial score (nSPS) is 18.9. The van der Waals surface area contributed by atoms with Crippen LogP contribution in [-0.2, 0) is 23.1 Å². The minimum atomic E-state index is -4.33. The molecule has 6 atom stereocenters. The van der Waals surface area contributed by atoms with Gasteiger partial charge in [-0.05, 0) is 73.9 Å². The summed E-state index contributed by atoms with van der Waals surface area (Å²) in [5.41, 5.74) is 13.8. The van der Waals surface area contributed by atoms with Gasteiger partial charge in [-0.1, -0.05) is 18.9 Å². The lowest BCUT2D eigenvalue weighted by atomic mass is 9.90. The number of hydrogen-bond donors (Lipinski definition) is 9. The van der Waals surface area contributed by atoms with Gasteiger partial charge < -0.3 is 51.7 Å². The van der Waals surface area contributed by atoms with Crippen molar-refractivity contribution in [2.45, 2.75) is 63.2 Å². The summed E-state index contributed by atoms with van der Waals surface area (Å²) in [5.74, 6) is -1.71. The molecule has 11 N–H and O–H groups in total. The van der Waals surface area contributed by atoms with Crippen molar-refractivity contribution < 1.29 is 52.8 Å². The molecule has 1 aliphatic carbocycles. The van der Waals surface area contributed by atoms with E-state index in [9.17, 15) is 39.4 Å². The Bertz CT molecular complexity index is 2750. The van der Waals surface area contributed by atoms with Crippen LogP contribution < -0.4 is 32.6 Å². The second-order valence-corrected chi connectivity index (χ2v) is 16.8. The molecule has 1 unspecified atom stereocenters. The Morgan fingerprint density at radius 3 is 2.56 bits per heavy atom. The standard InChI is InChI=1S/C40H44N9O12PS/c1-20(41)37(54)48-62(57,59-17-30-33(52)34(53)38(61-30)49-19-46-32-35(42)44-18-45-36(32)49)58-13-5-3-2-4-12-43-40(63)47-21-6-9-24(27(14-21)39(55)56)31-25-10-7-22(50)15-28(25)60-29-16-23(51)8-11-26(29)31/h6-11,14-16,18-20,30,33-34,38,50,52-53H,2-5,12-13,17,41H2,1H3,(H,55,56)(H2,42,44,45)(H2,43,47,63)(H,48,54,57)/t20-,30+,33+,34+,38+,62?/m0/s1. The topological polar surface area (TPSA) is 322 Å². The van der Waals surface area contributed by atoms with Gasteiger partial charge in [0.15, 0.2) is 28.2 Å². The number of aliphatic hydroxyl groups is 2. The lowest BCUT2D eigenvalue weighted by Gasteiger charge is -2.22. The summed E-state index contributed by atoms with van der Waals surface area (Å²) in [6, 6.07) is 12.5. The van der Waals surface area contributed by atoms with Crippen molar-refractivity contribution in [3.8, 4) is 28.2 Å². The number of aliphatic hydroxyl groups excluding tert-OH is 2. The number of thiocarbonyl (C=S) groups is 1.